The maximum absolute atomic E-state index is 3.80. The van der Waals surface area contributed by atoms with E-state index in [1.807, 2.05) is 6.08 Å². The van der Waals surface area contributed by atoms with Crippen LogP contribution >= 0.6 is 0 Å². The molecule has 1 rings (SSSR count). The fraction of sp³-hybridized carbons (Fsp3) is 0.867. The van der Waals surface area contributed by atoms with Crippen molar-refractivity contribution in [2.75, 3.05) is 7.05 Å². The molecule has 16 heavy (non-hydrogen) atoms. The Balaban J connectivity index is 2.60. The molecule has 94 valence electrons. The first-order valence-corrected chi connectivity index (χ1v) is 6.64. The minimum Gasteiger partial charge on any atom is -0.296 e. The van der Waals surface area contributed by atoms with Gasteiger partial charge < -0.3 is 0 Å². The van der Waals surface area contributed by atoms with Gasteiger partial charge in [-0.15, -0.1) is 6.58 Å². The van der Waals surface area contributed by atoms with Gasteiger partial charge in [-0.3, -0.25) is 4.90 Å². The number of rotatable bonds is 4. The second-order valence-electron chi connectivity index (χ2n) is 6.68. The Morgan fingerprint density at radius 2 is 1.69 bits per heavy atom. The zero-order valence-electron chi connectivity index (χ0n) is 11.8. The monoisotopic (exact) mass is 223 g/mol. The predicted octanol–water partition coefficient (Wildman–Crippen LogP) is 4.24. The number of hydrogen-bond donors (Lipinski definition) is 0. The van der Waals surface area contributed by atoms with Crippen LogP contribution in [0.15, 0.2) is 12.7 Å². The summed E-state index contributed by atoms with van der Waals surface area (Å²) in [5.41, 5.74) is 0.696. The van der Waals surface area contributed by atoms with E-state index in [0.717, 1.165) is 5.92 Å². The third-order valence-electron chi connectivity index (χ3n) is 4.41. The molecule has 0 spiro atoms. The molecule has 1 fully saturated rings. The highest BCUT2D eigenvalue weighted by molar-refractivity contribution is 4.98. The molecule has 0 aliphatic carbocycles. The van der Waals surface area contributed by atoms with E-state index in [-0.39, 0.29) is 0 Å². The zero-order chi connectivity index (χ0) is 12.4. The van der Waals surface area contributed by atoms with Crippen LogP contribution in [0.3, 0.4) is 0 Å². The van der Waals surface area contributed by atoms with Gasteiger partial charge in [-0.1, -0.05) is 12.5 Å². The maximum atomic E-state index is 3.80. The van der Waals surface area contributed by atoms with Gasteiger partial charge >= 0.3 is 0 Å². The van der Waals surface area contributed by atoms with Gasteiger partial charge in [-0.2, -0.15) is 0 Å². The van der Waals surface area contributed by atoms with Crippen molar-refractivity contribution in [3.8, 4) is 0 Å². The molecule has 0 aromatic rings. The lowest BCUT2D eigenvalue weighted by molar-refractivity contribution is -0.0319. The highest BCUT2D eigenvalue weighted by atomic mass is 15.2. The summed E-state index contributed by atoms with van der Waals surface area (Å²) in [6.45, 7) is 13.3. The van der Waals surface area contributed by atoms with Crippen LogP contribution in [0.25, 0.3) is 0 Å². The molecule has 0 saturated carbocycles. The SMILES string of the molecule is C=CCCCC1CC(C)(C)N(C)C(C)(C)C1. The molecule has 0 radical (unpaired) electrons. The second kappa shape index (κ2) is 4.91. The first-order valence-electron chi connectivity index (χ1n) is 6.64. The van der Waals surface area contributed by atoms with Gasteiger partial charge in [0.05, 0.1) is 0 Å². The lowest BCUT2D eigenvalue weighted by Gasteiger charge is -2.54. The largest absolute Gasteiger partial charge is 0.296 e. The molecule has 0 amide bonds. The quantitative estimate of drug-likeness (QED) is 0.509. The lowest BCUT2D eigenvalue weighted by atomic mass is 9.72. The van der Waals surface area contributed by atoms with Gasteiger partial charge in [0.15, 0.2) is 0 Å². The van der Waals surface area contributed by atoms with E-state index in [1.54, 1.807) is 0 Å². The fourth-order valence-electron chi connectivity index (χ4n) is 3.33. The van der Waals surface area contributed by atoms with E-state index < -0.39 is 0 Å². The molecular weight excluding hydrogens is 194 g/mol. The average molecular weight is 223 g/mol. The smallest absolute Gasteiger partial charge is 0.0158 e. The van der Waals surface area contributed by atoms with Crippen molar-refractivity contribution in [3.05, 3.63) is 12.7 Å². The molecule has 1 nitrogen and oxygen atoms in total. The molecule has 0 N–H and O–H groups in total. The summed E-state index contributed by atoms with van der Waals surface area (Å²) >= 11 is 0. The van der Waals surface area contributed by atoms with E-state index in [9.17, 15) is 0 Å². The van der Waals surface area contributed by atoms with Crippen LogP contribution in [0.5, 0.6) is 0 Å². The first-order chi connectivity index (χ1) is 7.29. The Morgan fingerprint density at radius 1 is 1.19 bits per heavy atom. The van der Waals surface area contributed by atoms with Gasteiger partial charge in [0.1, 0.15) is 0 Å². The van der Waals surface area contributed by atoms with Crippen LogP contribution in [0, 0.1) is 5.92 Å². The van der Waals surface area contributed by atoms with Crippen molar-refractivity contribution < 1.29 is 0 Å². The normalized spacial score (nSPS) is 25.6. The fourth-order valence-corrected chi connectivity index (χ4v) is 3.33. The number of likely N-dealkylation sites (tertiary alicyclic amines) is 1. The third-order valence-corrected chi connectivity index (χ3v) is 4.41. The summed E-state index contributed by atoms with van der Waals surface area (Å²) in [7, 11) is 2.28. The molecule has 1 heteroatoms. The van der Waals surface area contributed by atoms with Crippen LogP contribution in [0.2, 0.25) is 0 Å². The van der Waals surface area contributed by atoms with Gasteiger partial charge in [0, 0.05) is 11.1 Å². The summed E-state index contributed by atoms with van der Waals surface area (Å²) in [6, 6.07) is 0. The highest BCUT2D eigenvalue weighted by Crippen LogP contribution is 2.41. The standard InChI is InChI=1S/C15H29N/c1-7-8-9-10-13-11-14(2,3)16(6)15(4,5)12-13/h7,13H,1,8-12H2,2-6H3. The van der Waals surface area contributed by atoms with Crippen molar-refractivity contribution in [2.24, 2.45) is 5.92 Å². The minimum atomic E-state index is 0.348. The Kier molecular flexibility index (Phi) is 4.23. The molecule has 1 aliphatic heterocycles. The molecule has 1 saturated heterocycles. The topological polar surface area (TPSA) is 3.24 Å². The zero-order valence-corrected chi connectivity index (χ0v) is 11.8. The Hall–Kier alpha value is -0.300. The van der Waals surface area contributed by atoms with Gasteiger partial charge in [0.2, 0.25) is 0 Å². The van der Waals surface area contributed by atoms with Gasteiger partial charge in [-0.05, 0) is 66.3 Å². The molecule has 1 aliphatic rings. The summed E-state index contributed by atoms with van der Waals surface area (Å²) in [4.78, 5) is 2.56. The van der Waals surface area contributed by atoms with Gasteiger partial charge in [-0.25, -0.2) is 0 Å². The molecule has 0 atom stereocenters. The number of hydrogen-bond acceptors (Lipinski definition) is 1. The van der Waals surface area contributed by atoms with Crippen LogP contribution < -0.4 is 0 Å². The van der Waals surface area contributed by atoms with Crippen LogP contribution in [0.4, 0.5) is 0 Å². The predicted molar refractivity (Wildman–Crippen MR) is 72.7 cm³/mol. The van der Waals surface area contributed by atoms with E-state index in [4.69, 9.17) is 0 Å². The number of unbranched alkanes of at least 4 members (excludes halogenated alkanes) is 1. The molecule has 0 aromatic carbocycles. The third kappa shape index (κ3) is 3.10. The van der Waals surface area contributed by atoms with Crippen molar-refractivity contribution in [1.82, 2.24) is 4.90 Å². The van der Waals surface area contributed by atoms with E-state index >= 15 is 0 Å². The number of piperidine rings is 1. The van der Waals surface area contributed by atoms with E-state index in [1.165, 1.54) is 32.1 Å². The van der Waals surface area contributed by atoms with Crippen LogP contribution in [0.1, 0.15) is 59.8 Å². The summed E-state index contributed by atoms with van der Waals surface area (Å²) in [6.07, 6.45) is 8.57. The van der Waals surface area contributed by atoms with Gasteiger partial charge in [0.25, 0.3) is 0 Å². The Bertz CT molecular complexity index is 222. The van der Waals surface area contributed by atoms with Crippen molar-refractivity contribution in [3.63, 3.8) is 0 Å². The van der Waals surface area contributed by atoms with E-state index in [2.05, 4.69) is 46.2 Å². The number of allylic oxidation sites excluding steroid dienone is 1. The first kappa shape index (κ1) is 13.8. The van der Waals surface area contributed by atoms with Crippen molar-refractivity contribution in [2.45, 2.75) is 70.9 Å². The Morgan fingerprint density at radius 3 is 2.12 bits per heavy atom. The molecule has 0 bridgehead atoms. The molecule has 1 heterocycles. The van der Waals surface area contributed by atoms with Crippen LogP contribution in [-0.4, -0.2) is 23.0 Å². The summed E-state index contributed by atoms with van der Waals surface area (Å²) in [5.74, 6) is 0.890. The highest BCUT2D eigenvalue weighted by Gasteiger charge is 2.42. The minimum absolute atomic E-state index is 0.348. The summed E-state index contributed by atoms with van der Waals surface area (Å²) in [5, 5.41) is 0. The lowest BCUT2D eigenvalue weighted by Crippen LogP contribution is -2.58. The van der Waals surface area contributed by atoms with E-state index in [0.29, 0.717) is 11.1 Å². The van der Waals surface area contributed by atoms with Crippen molar-refractivity contribution >= 4 is 0 Å². The molecule has 0 unspecified atom stereocenters. The maximum Gasteiger partial charge on any atom is 0.0158 e. The number of nitrogens with zero attached hydrogens (tertiary/aromatic N) is 1. The Labute approximate surface area is 102 Å². The second-order valence-corrected chi connectivity index (χ2v) is 6.68. The van der Waals surface area contributed by atoms with Crippen molar-refractivity contribution in [1.29, 1.82) is 0 Å². The molecule has 0 aromatic heterocycles. The van der Waals surface area contributed by atoms with Crippen LogP contribution in [-0.2, 0) is 0 Å². The molecular formula is C15H29N. The summed E-state index contributed by atoms with van der Waals surface area (Å²) < 4.78 is 0. The average Bonchev–Trinajstić information content (AvgIpc) is 2.14.